The number of fused-ring (bicyclic) bond motifs is 1. The standard InChI is InChI=1S/C16H19N3O2/c1-4-21-12-7-5-6-11(8-12)13-9-14(20)17-16-15(13)10(2)18-19(16)3/h5-8,13H,4,9H2,1-3H3,(H,17,20)/t13-/m0/s1. The molecule has 3 rings (SSSR count). The molecule has 1 aliphatic heterocycles. The summed E-state index contributed by atoms with van der Waals surface area (Å²) in [6.07, 6.45) is 0.440. The molecule has 5 heteroatoms. The van der Waals surface area contributed by atoms with Crippen molar-refractivity contribution in [2.45, 2.75) is 26.2 Å². The maximum atomic E-state index is 12.0. The molecule has 2 aromatic rings. The predicted molar refractivity (Wildman–Crippen MR) is 80.6 cm³/mol. The van der Waals surface area contributed by atoms with Crippen LogP contribution in [0.4, 0.5) is 5.82 Å². The summed E-state index contributed by atoms with van der Waals surface area (Å²) < 4.78 is 7.30. The summed E-state index contributed by atoms with van der Waals surface area (Å²) in [6.45, 7) is 4.57. The number of carbonyl (C=O) groups excluding carboxylic acids is 1. The number of amides is 1. The number of anilines is 1. The summed E-state index contributed by atoms with van der Waals surface area (Å²) in [4.78, 5) is 12.0. The van der Waals surface area contributed by atoms with Crippen LogP contribution in [0.5, 0.6) is 5.75 Å². The van der Waals surface area contributed by atoms with E-state index >= 15 is 0 Å². The minimum Gasteiger partial charge on any atom is -0.494 e. The van der Waals surface area contributed by atoms with Crippen LogP contribution in [-0.4, -0.2) is 22.3 Å². The summed E-state index contributed by atoms with van der Waals surface area (Å²) in [7, 11) is 1.85. The predicted octanol–water partition coefficient (Wildman–Crippen LogP) is 2.60. The van der Waals surface area contributed by atoms with Crippen LogP contribution in [0.1, 0.15) is 36.1 Å². The van der Waals surface area contributed by atoms with E-state index in [1.165, 1.54) is 0 Å². The monoisotopic (exact) mass is 285 g/mol. The smallest absolute Gasteiger partial charge is 0.226 e. The van der Waals surface area contributed by atoms with Crippen LogP contribution in [0.3, 0.4) is 0 Å². The lowest BCUT2D eigenvalue weighted by Gasteiger charge is -2.24. The van der Waals surface area contributed by atoms with Gasteiger partial charge in [0.15, 0.2) is 0 Å². The number of hydrogen-bond acceptors (Lipinski definition) is 3. The van der Waals surface area contributed by atoms with E-state index in [9.17, 15) is 4.79 Å². The average Bonchev–Trinajstić information content (AvgIpc) is 2.74. The van der Waals surface area contributed by atoms with Gasteiger partial charge in [-0.3, -0.25) is 9.48 Å². The fraction of sp³-hybridized carbons (Fsp3) is 0.375. The highest BCUT2D eigenvalue weighted by Gasteiger charge is 2.31. The van der Waals surface area contributed by atoms with E-state index in [4.69, 9.17) is 4.74 Å². The zero-order chi connectivity index (χ0) is 15.0. The fourth-order valence-corrected chi connectivity index (χ4v) is 2.98. The summed E-state index contributed by atoms with van der Waals surface area (Å²) in [6, 6.07) is 7.97. The summed E-state index contributed by atoms with van der Waals surface area (Å²) in [5.74, 6) is 1.69. The van der Waals surface area contributed by atoms with Gasteiger partial charge in [0, 0.05) is 24.9 Å². The molecule has 0 radical (unpaired) electrons. The van der Waals surface area contributed by atoms with Crippen LogP contribution in [-0.2, 0) is 11.8 Å². The first kappa shape index (κ1) is 13.7. The molecule has 0 bridgehead atoms. The Balaban J connectivity index is 2.07. The minimum absolute atomic E-state index is 0.0253. The number of nitrogens with one attached hydrogen (secondary N) is 1. The molecule has 5 nitrogen and oxygen atoms in total. The molecule has 1 aromatic heterocycles. The maximum Gasteiger partial charge on any atom is 0.226 e. The van der Waals surface area contributed by atoms with Gasteiger partial charge in [0.1, 0.15) is 11.6 Å². The Labute approximate surface area is 123 Å². The summed E-state index contributed by atoms with van der Waals surface area (Å²) in [5, 5.41) is 7.35. The second-order valence-electron chi connectivity index (χ2n) is 5.28. The van der Waals surface area contributed by atoms with Gasteiger partial charge in [0.2, 0.25) is 5.91 Å². The minimum atomic E-state index is 0.0253. The fourth-order valence-electron chi connectivity index (χ4n) is 2.98. The van der Waals surface area contributed by atoms with Crippen LogP contribution in [0.25, 0.3) is 0 Å². The summed E-state index contributed by atoms with van der Waals surface area (Å²) >= 11 is 0. The second kappa shape index (κ2) is 5.24. The molecular formula is C16H19N3O2. The number of carbonyl (C=O) groups is 1. The van der Waals surface area contributed by atoms with Crippen molar-refractivity contribution in [2.75, 3.05) is 11.9 Å². The van der Waals surface area contributed by atoms with Crippen LogP contribution < -0.4 is 10.1 Å². The maximum absolute atomic E-state index is 12.0. The van der Waals surface area contributed by atoms with Gasteiger partial charge in [-0.25, -0.2) is 0 Å². The molecule has 1 aliphatic rings. The van der Waals surface area contributed by atoms with E-state index in [2.05, 4.69) is 10.4 Å². The van der Waals surface area contributed by atoms with Gasteiger partial charge in [0.05, 0.1) is 12.3 Å². The van der Waals surface area contributed by atoms with Crippen molar-refractivity contribution in [1.29, 1.82) is 0 Å². The van der Waals surface area contributed by atoms with Gasteiger partial charge < -0.3 is 10.1 Å². The number of ether oxygens (including phenoxy) is 1. The highest BCUT2D eigenvalue weighted by molar-refractivity contribution is 5.94. The van der Waals surface area contributed by atoms with Crippen molar-refractivity contribution in [1.82, 2.24) is 9.78 Å². The van der Waals surface area contributed by atoms with Crippen LogP contribution in [0.15, 0.2) is 24.3 Å². The molecule has 0 unspecified atom stereocenters. The first-order valence-electron chi connectivity index (χ1n) is 7.16. The number of aryl methyl sites for hydroxylation is 2. The number of nitrogens with zero attached hydrogens (tertiary/aromatic N) is 2. The number of hydrogen-bond donors (Lipinski definition) is 1. The van der Waals surface area contributed by atoms with Gasteiger partial charge in [-0.2, -0.15) is 5.10 Å². The molecule has 1 N–H and O–H groups in total. The Morgan fingerprint density at radius 2 is 2.29 bits per heavy atom. The SMILES string of the molecule is CCOc1cccc([C@@H]2CC(=O)Nc3c2c(C)nn3C)c1. The van der Waals surface area contributed by atoms with Gasteiger partial charge in [-0.1, -0.05) is 12.1 Å². The van der Waals surface area contributed by atoms with E-state index < -0.39 is 0 Å². The highest BCUT2D eigenvalue weighted by Crippen LogP contribution is 2.39. The third-order valence-corrected chi connectivity index (χ3v) is 3.84. The second-order valence-corrected chi connectivity index (χ2v) is 5.28. The molecule has 0 fully saturated rings. The molecule has 21 heavy (non-hydrogen) atoms. The van der Waals surface area contributed by atoms with E-state index in [1.807, 2.05) is 45.2 Å². The van der Waals surface area contributed by atoms with Crippen molar-refractivity contribution in [2.24, 2.45) is 7.05 Å². The molecule has 0 saturated heterocycles. The van der Waals surface area contributed by atoms with Gasteiger partial charge in [-0.05, 0) is 31.5 Å². The van der Waals surface area contributed by atoms with Gasteiger partial charge >= 0.3 is 0 Å². The lowest BCUT2D eigenvalue weighted by molar-refractivity contribution is -0.116. The number of rotatable bonds is 3. The third kappa shape index (κ3) is 2.39. The van der Waals surface area contributed by atoms with Gasteiger partial charge in [0.25, 0.3) is 0 Å². The zero-order valence-corrected chi connectivity index (χ0v) is 12.5. The quantitative estimate of drug-likeness (QED) is 0.943. The Hall–Kier alpha value is -2.30. The Kier molecular flexibility index (Phi) is 3.41. The molecule has 1 amide bonds. The van der Waals surface area contributed by atoms with Crippen molar-refractivity contribution in [3.05, 3.63) is 41.1 Å². The van der Waals surface area contributed by atoms with E-state index in [0.29, 0.717) is 13.0 Å². The Morgan fingerprint density at radius 3 is 3.05 bits per heavy atom. The molecule has 110 valence electrons. The molecule has 2 heterocycles. The summed E-state index contributed by atoms with van der Waals surface area (Å²) in [5.41, 5.74) is 3.15. The number of aromatic nitrogens is 2. The third-order valence-electron chi connectivity index (χ3n) is 3.84. The van der Waals surface area contributed by atoms with Gasteiger partial charge in [-0.15, -0.1) is 0 Å². The van der Waals surface area contributed by atoms with Crippen molar-refractivity contribution < 1.29 is 9.53 Å². The first-order chi connectivity index (χ1) is 10.1. The molecule has 1 atom stereocenters. The van der Waals surface area contributed by atoms with Crippen molar-refractivity contribution in [3.63, 3.8) is 0 Å². The Morgan fingerprint density at radius 1 is 1.48 bits per heavy atom. The van der Waals surface area contributed by atoms with E-state index in [1.54, 1.807) is 4.68 Å². The van der Waals surface area contributed by atoms with E-state index in [0.717, 1.165) is 28.4 Å². The van der Waals surface area contributed by atoms with E-state index in [-0.39, 0.29) is 11.8 Å². The molecule has 0 aliphatic carbocycles. The van der Waals surface area contributed by atoms with Crippen LogP contribution in [0, 0.1) is 6.92 Å². The van der Waals surface area contributed by atoms with Crippen molar-refractivity contribution >= 4 is 11.7 Å². The van der Waals surface area contributed by atoms with Crippen LogP contribution in [0.2, 0.25) is 0 Å². The normalized spacial score (nSPS) is 17.3. The number of benzene rings is 1. The largest absolute Gasteiger partial charge is 0.494 e. The molecular weight excluding hydrogens is 266 g/mol. The average molecular weight is 285 g/mol. The van der Waals surface area contributed by atoms with Crippen molar-refractivity contribution in [3.8, 4) is 5.75 Å². The lowest BCUT2D eigenvalue weighted by atomic mass is 9.86. The first-order valence-corrected chi connectivity index (χ1v) is 7.16. The lowest BCUT2D eigenvalue weighted by Crippen LogP contribution is -2.24. The molecule has 1 aromatic carbocycles. The van der Waals surface area contributed by atoms with Crippen LogP contribution >= 0.6 is 0 Å². The zero-order valence-electron chi connectivity index (χ0n) is 12.5. The topological polar surface area (TPSA) is 56.1 Å². The highest BCUT2D eigenvalue weighted by atomic mass is 16.5. The molecule has 0 saturated carbocycles. The molecule has 0 spiro atoms. The Bertz CT molecular complexity index is 691.